The summed E-state index contributed by atoms with van der Waals surface area (Å²) in [5, 5.41) is -0.740. The van der Waals surface area contributed by atoms with Gasteiger partial charge in [0.1, 0.15) is 21.8 Å². The predicted molar refractivity (Wildman–Crippen MR) is 145 cm³/mol. The third-order valence-electron chi connectivity index (χ3n) is 7.09. The highest BCUT2D eigenvalue weighted by Crippen LogP contribution is 2.42. The van der Waals surface area contributed by atoms with Crippen LogP contribution in [0.25, 0.3) is 0 Å². The molecule has 0 N–H and O–H groups in total. The number of aromatic nitrogens is 1. The Labute approximate surface area is 220 Å². The Hall–Kier alpha value is -1.81. The summed E-state index contributed by atoms with van der Waals surface area (Å²) in [5.74, 6) is -0.647. The third kappa shape index (κ3) is 6.54. The second-order valence-electron chi connectivity index (χ2n) is 11.3. The molecule has 0 radical (unpaired) electrons. The summed E-state index contributed by atoms with van der Waals surface area (Å²) in [6.07, 6.45) is 2.06. The Balaban J connectivity index is 1.89. The van der Waals surface area contributed by atoms with Crippen LogP contribution in [0, 0.1) is 5.82 Å². The SMILES string of the molecule is CC1(C)OC(C[C@@H](CCO[Si](C)(C)C(C)(C)C)c2ccccc2F)=NS(=O)(=O)C1c1ccc(Cl)nc1. The van der Waals surface area contributed by atoms with E-state index in [1.54, 1.807) is 44.2 Å². The Morgan fingerprint density at radius 3 is 2.42 bits per heavy atom. The van der Waals surface area contributed by atoms with Crippen LogP contribution >= 0.6 is 11.6 Å². The Bertz CT molecular complexity index is 1210. The molecular weight excluding hydrogens is 519 g/mol. The van der Waals surface area contributed by atoms with Gasteiger partial charge in [-0.2, -0.15) is 0 Å². The molecule has 2 aromatic rings. The molecule has 1 aromatic heterocycles. The molecule has 0 amide bonds. The highest BCUT2D eigenvalue weighted by molar-refractivity contribution is 7.90. The molecule has 36 heavy (non-hydrogen) atoms. The molecule has 0 saturated heterocycles. The fourth-order valence-electron chi connectivity index (χ4n) is 4.18. The maximum atomic E-state index is 14.8. The Morgan fingerprint density at radius 2 is 1.86 bits per heavy atom. The van der Waals surface area contributed by atoms with Crippen LogP contribution in [0.4, 0.5) is 4.39 Å². The first-order valence-electron chi connectivity index (χ1n) is 12.0. The van der Waals surface area contributed by atoms with Gasteiger partial charge in [-0.3, -0.25) is 0 Å². The fourth-order valence-corrected chi connectivity index (χ4v) is 7.10. The molecule has 3 rings (SSSR count). The molecule has 1 unspecified atom stereocenters. The third-order valence-corrected chi connectivity index (χ3v) is 13.7. The molecule has 2 heterocycles. The molecule has 0 aliphatic carbocycles. The predicted octanol–water partition coefficient (Wildman–Crippen LogP) is 7.04. The lowest BCUT2D eigenvalue weighted by Crippen LogP contribution is -2.43. The maximum absolute atomic E-state index is 14.8. The first kappa shape index (κ1) is 28.8. The minimum absolute atomic E-state index is 0.0424. The summed E-state index contributed by atoms with van der Waals surface area (Å²) in [7, 11) is -5.99. The average molecular weight is 555 g/mol. The van der Waals surface area contributed by atoms with Gasteiger partial charge in [0.2, 0.25) is 5.90 Å². The molecule has 0 fully saturated rings. The summed E-state index contributed by atoms with van der Waals surface area (Å²) in [6.45, 7) is 14.7. The first-order chi connectivity index (χ1) is 16.5. The lowest BCUT2D eigenvalue weighted by molar-refractivity contribution is 0.0796. The van der Waals surface area contributed by atoms with Gasteiger partial charge in [0, 0.05) is 19.2 Å². The molecule has 0 saturated carbocycles. The Kier molecular flexibility index (Phi) is 8.40. The van der Waals surface area contributed by atoms with Crippen molar-refractivity contribution in [1.82, 2.24) is 4.98 Å². The number of nitrogens with zero attached hydrogens (tertiary/aromatic N) is 2. The zero-order valence-electron chi connectivity index (χ0n) is 22.0. The van der Waals surface area contributed by atoms with Gasteiger partial charge in [0.05, 0.1) is 0 Å². The van der Waals surface area contributed by atoms with E-state index in [0.717, 1.165) is 0 Å². The van der Waals surface area contributed by atoms with Gasteiger partial charge in [0.25, 0.3) is 10.0 Å². The van der Waals surface area contributed by atoms with Crippen LogP contribution in [0.3, 0.4) is 0 Å². The van der Waals surface area contributed by atoms with Crippen LogP contribution in [0.5, 0.6) is 0 Å². The molecule has 198 valence electrons. The van der Waals surface area contributed by atoms with Crippen molar-refractivity contribution in [1.29, 1.82) is 0 Å². The number of pyridine rings is 1. The lowest BCUT2D eigenvalue weighted by Gasteiger charge is -2.38. The van der Waals surface area contributed by atoms with E-state index in [2.05, 4.69) is 43.2 Å². The van der Waals surface area contributed by atoms with Crippen molar-refractivity contribution < 1.29 is 22.0 Å². The van der Waals surface area contributed by atoms with Gasteiger partial charge in [-0.25, -0.2) is 17.8 Å². The average Bonchev–Trinajstić information content (AvgIpc) is 2.72. The standard InChI is InChI=1S/C26H36ClFN2O4SSi/c1-25(2,3)36(6,7)33-15-14-18(20-10-8-9-11-21(20)28)16-23-30-35(31,32)24(26(4,5)34-23)19-12-13-22(27)29-17-19/h8-13,17-18,24H,14-16H2,1-7H3/t18-,24?/m1/s1. The molecule has 1 aromatic carbocycles. The van der Waals surface area contributed by atoms with Gasteiger partial charge < -0.3 is 9.16 Å². The van der Waals surface area contributed by atoms with E-state index >= 15 is 0 Å². The highest BCUT2D eigenvalue weighted by Gasteiger charge is 2.47. The second-order valence-corrected chi connectivity index (χ2v) is 18.2. The van der Waals surface area contributed by atoms with E-state index in [4.69, 9.17) is 20.8 Å². The van der Waals surface area contributed by atoms with Crippen LogP contribution < -0.4 is 0 Å². The number of ether oxygens (including phenoxy) is 1. The number of sulfonamides is 1. The largest absolute Gasteiger partial charge is 0.472 e. The molecule has 10 heteroatoms. The molecular formula is C26H36ClFN2O4SSi. The van der Waals surface area contributed by atoms with E-state index in [9.17, 15) is 12.8 Å². The van der Waals surface area contributed by atoms with E-state index in [1.807, 2.05) is 0 Å². The summed E-state index contributed by atoms with van der Waals surface area (Å²) in [4.78, 5) is 4.02. The monoisotopic (exact) mass is 554 g/mol. The van der Waals surface area contributed by atoms with Gasteiger partial charge in [-0.1, -0.05) is 56.6 Å². The minimum atomic E-state index is -3.99. The van der Waals surface area contributed by atoms with Crippen LogP contribution in [0.1, 0.15) is 69.8 Å². The van der Waals surface area contributed by atoms with Crippen molar-refractivity contribution in [2.24, 2.45) is 4.40 Å². The van der Waals surface area contributed by atoms with Crippen LogP contribution in [-0.4, -0.2) is 39.8 Å². The van der Waals surface area contributed by atoms with Crippen molar-refractivity contribution in [2.75, 3.05) is 6.61 Å². The zero-order chi connectivity index (χ0) is 26.9. The summed E-state index contributed by atoms with van der Waals surface area (Å²) < 4.78 is 58.0. The van der Waals surface area contributed by atoms with E-state index in [0.29, 0.717) is 24.2 Å². The van der Waals surface area contributed by atoms with Crippen LogP contribution in [0.2, 0.25) is 23.3 Å². The smallest absolute Gasteiger partial charge is 0.267 e. The molecule has 2 atom stereocenters. The van der Waals surface area contributed by atoms with Crippen molar-refractivity contribution in [3.63, 3.8) is 0 Å². The summed E-state index contributed by atoms with van der Waals surface area (Å²) in [6, 6.07) is 9.69. The first-order valence-corrected chi connectivity index (χ1v) is 16.8. The van der Waals surface area contributed by atoms with Crippen molar-refractivity contribution in [3.05, 3.63) is 64.7 Å². The molecule has 1 aliphatic heterocycles. The number of rotatable bonds is 8. The van der Waals surface area contributed by atoms with Gasteiger partial charge in [-0.05, 0) is 67.6 Å². The minimum Gasteiger partial charge on any atom is -0.472 e. The number of hydrogen-bond donors (Lipinski definition) is 0. The quantitative estimate of drug-likeness (QED) is 0.258. The number of benzene rings is 1. The lowest BCUT2D eigenvalue weighted by atomic mass is 9.92. The van der Waals surface area contributed by atoms with Gasteiger partial charge in [0.15, 0.2) is 8.32 Å². The van der Waals surface area contributed by atoms with Crippen LogP contribution in [-0.2, 0) is 19.2 Å². The van der Waals surface area contributed by atoms with Gasteiger partial charge >= 0.3 is 0 Å². The summed E-state index contributed by atoms with van der Waals surface area (Å²) in [5.41, 5.74) is -0.189. The van der Waals surface area contributed by atoms with Crippen molar-refractivity contribution in [3.8, 4) is 0 Å². The van der Waals surface area contributed by atoms with Gasteiger partial charge in [-0.15, -0.1) is 4.40 Å². The zero-order valence-corrected chi connectivity index (χ0v) is 24.6. The summed E-state index contributed by atoms with van der Waals surface area (Å²) >= 11 is 5.88. The van der Waals surface area contributed by atoms with E-state index in [-0.39, 0.29) is 34.2 Å². The normalized spacial score (nSPS) is 20.4. The highest BCUT2D eigenvalue weighted by atomic mass is 35.5. The van der Waals surface area contributed by atoms with Crippen molar-refractivity contribution in [2.45, 2.75) is 82.4 Å². The molecule has 0 bridgehead atoms. The number of halogens is 2. The van der Waals surface area contributed by atoms with Crippen LogP contribution in [0.15, 0.2) is 47.0 Å². The topological polar surface area (TPSA) is 77.9 Å². The maximum Gasteiger partial charge on any atom is 0.267 e. The molecule has 0 spiro atoms. The number of hydrogen-bond acceptors (Lipinski definition) is 5. The Morgan fingerprint density at radius 1 is 1.19 bits per heavy atom. The van der Waals surface area contributed by atoms with E-state index < -0.39 is 29.2 Å². The van der Waals surface area contributed by atoms with Crippen molar-refractivity contribution >= 4 is 35.8 Å². The molecule has 6 nitrogen and oxygen atoms in total. The van der Waals surface area contributed by atoms with E-state index in [1.165, 1.54) is 12.3 Å². The fraction of sp³-hybridized carbons (Fsp3) is 0.538. The second kappa shape index (κ2) is 10.5. The molecule has 1 aliphatic rings.